The SMILES string of the molecule is CC(=O)c1ccc(-c2ccc(OCCN)c(Cl)c2)s1. The number of nitrogens with two attached hydrogens (primary N) is 1. The minimum absolute atomic E-state index is 0.0743. The van der Waals surface area contributed by atoms with Crippen LogP contribution in [0.15, 0.2) is 30.3 Å². The lowest BCUT2D eigenvalue weighted by atomic mass is 10.2. The van der Waals surface area contributed by atoms with Gasteiger partial charge in [-0.2, -0.15) is 0 Å². The lowest BCUT2D eigenvalue weighted by Gasteiger charge is -2.07. The van der Waals surface area contributed by atoms with Crippen molar-refractivity contribution in [2.24, 2.45) is 5.73 Å². The summed E-state index contributed by atoms with van der Waals surface area (Å²) in [4.78, 5) is 13.0. The van der Waals surface area contributed by atoms with Crippen LogP contribution < -0.4 is 10.5 Å². The molecule has 0 amide bonds. The maximum atomic E-state index is 11.3. The molecule has 0 saturated carbocycles. The number of hydrogen-bond acceptors (Lipinski definition) is 4. The van der Waals surface area contributed by atoms with Gasteiger partial charge < -0.3 is 10.5 Å². The van der Waals surface area contributed by atoms with E-state index in [-0.39, 0.29) is 5.78 Å². The average molecular weight is 296 g/mol. The number of ketones is 1. The van der Waals surface area contributed by atoms with E-state index in [9.17, 15) is 4.79 Å². The van der Waals surface area contributed by atoms with E-state index in [2.05, 4.69) is 0 Å². The van der Waals surface area contributed by atoms with Crippen LogP contribution >= 0.6 is 22.9 Å². The van der Waals surface area contributed by atoms with E-state index in [1.54, 1.807) is 6.92 Å². The van der Waals surface area contributed by atoms with E-state index in [0.717, 1.165) is 15.3 Å². The quantitative estimate of drug-likeness (QED) is 0.857. The number of benzene rings is 1. The van der Waals surface area contributed by atoms with E-state index in [0.29, 0.717) is 23.9 Å². The maximum Gasteiger partial charge on any atom is 0.169 e. The summed E-state index contributed by atoms with van der Waals surface area (Å²) in [6.07, 6.45) is 0. The molecule has 0 aliphatic rings. The molecule has 0 radical (unpaired) electrons. The summed E-state index contributed by atoms with van der Waals surface area (Å²) >= 11 is 7.61. The Bertz CT molecular complexity index is 595. The number of Topliss-reactive ketones (excluding diaryl/α,β-unsaturated/α-hetero) is 1. The first-order chi connectivity index (χ1) is 9.11. The topological polar surface area (TPSA) is 52.3 Å². The summed E-state index contributed by atoms with van der Waals surface area (Å²) < 4.78 is 5.41. The van der Waals surface area contributed by atoms with Crippen LogP contribution in [0, 0.1) is 0 Å². The van der Waals surface area contributed by atoms with Crippen molar-refractivity contribution in [1.29, 1.82) is 0 Å². The lowest BCUT2D eigenvalue weighted by Crippen LogP contribution is -2.10. The molecule has 5 heteroatoms. The Kier molecular flexibility index (Phi) is 4.58. The first-order valence-corrected chi connectivity index (χ1v) is 7.05. The second kappa shape index (κ2) is 6.19. The lowest BCUT2D eigenvalue weighted by molar-refractivity contribution is 0.102. The van der Waals surface area contributed by atoms with Crippen LogP contribution in [-0.2, 0) is 0 Å². The monoisotopic (exact) mass is 295 g/mol. The second-order valence-corrected chi connectivity index (χ2v) is 5.49. The molecule has 0 atom stereocenters. The molecular weight excluding hydrogens is 282 g/mol. The number of carbonyl (C=O) groups is 1. The van der Waals surface area contributed by atoms with Gasteiger partial charge in [-0.05, 0) is 42.8 Å². The molecule has 1 aromatic carbocycles. The van der Waals surface area contributed by atoms with Gasteiger partial charge in [-0.3, -0.25) is 4.79 Å². The minimum Gasteiger partial charge on any atom is -0.491 e. The molecule has 1 heterocycles. The van der Waals surface area contributed by atoms with E-state index < -0.39 is 0 Å². The fraction of sp³-hybridized carbons (Fsp3) is 0.214. The molecule has 0 unspecified atom stereocenters. The number of carbonyl (C=O) groups excluding carboxylic acids is 1. The van der Waals surface area contributed by atoms with Gasteiger partial charge in [0.1, 0.15) is 12.4 Å². The van der Waals surface area contributed by atoms with Crippen LogP contribution in [0.4, 0.5) is 0 Å². The van der Waals surface area contributed by atoms with Gasteiger partial charge in [0.2, 0.25) is 0 Å². The molecule has 0 saturated heterocycles. The summed E-state index contributed by atoms with van der Waals surface area (Å²) in [6.45, 7) is 2.45. The third-order valence-electron chi connectivity index (χ3n) is 2.54. The molecule has 2 N–H and O–H groups in total. The predicted octanol–water partition coefficient (Wildman–Crippen LogP) is 3.61. The number of hydrogen-bond donors (Lipinski definition) is 1. The molecule has 2 aromatic rings. The van der Waals surface area contributed by atoms with Crippen molar-refractivity contribution in [3.63, 3.8) is 0 Å². The zero-order valence-electron chi connectivity index (χ0n) is 10.5. The maximum absolute atomic E-state index is 11.3. The van der Waals surface area contributed by atoms with Gasteiger partial charge in [-0.25, -0.2) is 0 Å². The molecule has 0 bridgehead atoms. The van der Waals surface area contributed by atoms with Gasteiger partial charge >= 0.3 is 0 Å². The highest BCUT2D eigenvalue weighted by atomic mass is 35.5. The first kappa shape index (κ1) is 14.1. The zero-order valence-corrected chi connectivity index (χ0v) is 12.1. The summed E-state index contributed by atoms with van der Waals surface area (Å²) in [6, 6.07) is 9.33. The third-order valence-corrected chi connectivity index (χ3v) is 4.08. The first-order valence-electron chi connectivity index (χ1n) is 5.85. The Morgan fingerprint density at radius 2 is 2.16 bits per heavy atom. The number of ether oxygens (including phenoxy) is 1. The minimum atomic E-state index is 0.0743. The van der Waals surface area contributed by atoms with E-state index >= 15 is 0 Å². The van der Waals surface area contributed by atoms with Gasteiger partial charge in [0.15, 0.2) is 5.78 Å². The fourth-order valence-electron chi connectivity index (χ4n) is 1.62. The molecule has 3 nitrogen and oxygen atoms in total. The Hall–Kier alpha value is -1.36. The number of halogens is 1. The zero-order chi connectivity index (χ0) is 13.8. The van der Waals surface area contributed by atoms with Crippen LogP contribution in [0.2, 0.25) is 5.02 Å². The molecule has 19 heavy (non-hydrogen) atoms. The normalized spacial score (nSPS) is 10.5. The van der Waals surface area contributed by atoms with E-state index in [4.69, 9.17) is 22.1 Å². The summed E-state index contributed by atoms with van der Waals surface area (Å²) in [5.74, 6) is 0.699. The molecular formula is C14H14ClNO2S. The molecule has 100 valence electrons. The Balaban J connectivity index is 2.25. The van der Waals surface area contributed by atoms with Crippen LogP contribution in [0.5, 0.6) is 5.75 Å². The van der Waals surface area contributed by atoms with Gasteiger partial charge in [0.05, 0.1) is 9.90 Å². The largest absolute Gasteiger partial charge is 0.491 e. The van der Waals surface area contributed by atoms with Crippen LogP contribution in [0.1, 0.15) is 16.6 Å². The van der Waals surface area contributed by atoms with Crippen molar-refractivity contribution in [2.45, 2.75) is 6.92 Å². The Labute approximate surface area is 121 Å². The van der Waals surface area contributed by atoms with Gasteiger partial charge in [0, 0.05) is 11.4 Å². The molecule has 0 fully saturated rings. The number of rotatable bonds is 5. The fourth-order valence-corrected chi connectivity index (χ4v) is 2.76. The van der Waals surface area contributed by atoms with Crippen molar-refractivity contribution < 1.29 is 9.53 Å². The summed E-state index contributed by atoms with van der Waals surface area (Å²) in [5, 5.41) is 0.545. The van der Waals surface area contributed by atoms with Crippen molar-refractivity contribution in [2.75, 3.05) is 13.2 Å². The Morgan fingerprint density at radius 3 is 2.74 bits per heavy atom. The summed E-state index contributed by atoms with van der Waals surface area (Å²) in [5.41, 5.74) is 6.35. The van der Waals surface area contributed by atoms with Crippen LogP contribution in [0.3, 0.4) is 0 Å². The van der Waals surface area contributed by atoms with E-state index in [1.807, 2.05) is 30.3 Å². The van der Waals surface area contributed by atoms with E-state index in [1.165, 1.54) is 11.3 Å². The highest BCUT2D eigenvalue weighted by Gasteiger charge is 2.09. The van der Waals surface area contributed by atoms with Gasteiger partial charge in [-0.15, -0.1) is 11.3 Å². The summed E-state index contributed by atoms with van der Waals surface area (Å²) in [7, 11) is 0. The molecule has 0 aliphatic heterocycles. The van der Waals surface area contributed by atoms with Gasteiger partial charge in [0.25, 0.3) is 0 Å². The molecule has 2 rings (SSSR count). The highest BCUT2D eigenvalue weighted by Crippen LogP contribution is 2.34. The molecule has 1 aromatic heterocycles. The molecule has 0 aliphatic carbocycles. The second-order valence-electron chi connectivity index (χ2n) is 4.00. The standard InChI is InChI=1S/C14H14ClNO2S/c1-9(17)13-4-5-14(19-13)10-2-3-12(11(15)8-10)18-7-6-16/h2-5,8H,6-7,16H2,1H3. The van der Waals surface area contributed by atoms with Crippen molar-refractivity contribution in [3.8, 4) is 16.2 Å². The third kappa shape index (κ3) is 3.35. The highest BCUT2D eigenvalue weighted by molar-refractivity contribution is 7.17. The molecule has 0 spiro atoms. The van der Waals surface area contributed by atoms with Crippen molar-refractivity contribution >= 4 is 28.7 Å². The Morgan fingerprint density at radius 1 is 1.37 bits per heavy atom. The average Bonchev–Trinajstić information content (AvgIpc) is 2.87. The van der Waals surface area contributed by atoms with Crippen LogP contribution in [0.25, 0.3) is 10.4 Å². The van der Waals surface area contributed by atoms with Crippen molar-refractivity contribution in [1.82, 2.24) is 0 Å². The predicted molar refractivity (Wildman–Crippen MR) is 79.3 cm³/mol. The van der Waals surface area contributed by atoms with Crippen molar-refractivity contribution in [3.05, 3.63) is 40.2 Å². The smallest absolute Gasteiger partial charge is 0.169 e. The number of thiophene rings is 1. The van der Waals surface area contributed by atoms with Crippen LogP contribution in [-0.4, -0.2) is 18.9 Å². The van der Waals surface area contributed by atoms with Gasteiger partial charge in [-0.1, -0.05) is 11.6 Å².